The molecule has 0 aromatic carbocycles. The lowest BCUT2D eigenvalue weighted by atomic mass is 9.51. The number of furan rings is 1. The highest BCUT2D eigenvalue weighted by Gasteiger charge is 2.87. The van der Waals surface area contributed by atoms with E-state index < -0.39 is 102 Å². The van der Waals surface area contributed by atoms with Crippen molar-refractivity contribution in [2.24, 2.45) is 11.8 Å². The standard InChI is InChI=1S/C34H41NO14/c1-18(2)28(38)47-26-23-13-25(46-29(39)21-9-8-11-35-15-21)33(44-17-43-19(3)36)27(48-30(40)22-10-12-42-16-22)24(45-20(4)37)14-32(7,41)34(26,33)49-31(23,5)6/h8-12,15-16,18,23-27,41H,13-14,17H2,1-7H3/t23-,24?,25?,26?,27?,32-,33+,34+/m1/s1. The molecule has 1 N–H and O–H groups in total. The van der Waals surface area contributed by atoms with E-state index in [0.29, 0.717) is 0 Å². The first-order chi connectivity index (χ1) is 23.0. The minimum atomic E-state index is -2.38. The van der Waals surface area contributed by atoms with E-state index >= 15 is 0 Å². The molecule has 15 heteroatoms. The Kier molecular flexibility index (Phi) is 9.67. The lowest BCUT2D eigenvalue weighted by Gasteiger charge is -2.65. The van der Waals surface area contributed by atoms with Crippen molar-refractivity contribution in [2.45, 2.75) is 108 Å². The molecule has 4 unspecified atom stereocenters. The normalized spacial score (nSPS) is 32.8. The van der Waals surface area contributed by atoms with Crippen LogP contribution in [0.1, 0.15) is 82.0 Å². The monoisotopic (exact) mass is 687 g/mol. The third-order valence-corrected chi connectivity index (χ3v) is 9.50. The summed E-state index contributed by atoms with van der Waals surface area (Å²) < 4.78 is 47.9. The highest BCUT2D eigenvalue weighted by Crippen LogP contribution is 2.66. The number of rotatable bonds is 10. The zero-order valence-electron chi connectivity index (χ0n) is 28.3. The van der Waals surface area contributed by atoms with Crippen molar-refractivity contribution in [1.82, 2.24) is 4.98 Å². The highest BCUT2D eigenvalue weighted by molar-refractivity contribution is 5.90. The van der Waals surface area contributed by atoms with Gasteiger partial charge in [-0.05, 0) is 45.4 Å². The minimum absolute atomic E-state index is 0.0314. The zero-order chi connectivity index (χ0) is 35.9. The number of carbonyl (C=O) groups excluding carboxylic acids is 5. The van der Waals surface area contributed by atoms with Crippen LogP contribution in [0.2, 0.25) is 0 Å². The molecule has 8 atom stereocenters. The summed E-state index contributed by atoms with van der Waals surface area (Å²) >= 11 is 0. The van der Waals surface area contributed by atoms with E-state index in [2.05, 4.69) is 4.98 Å². The van der Waals surface area contributed by atoms with Gasteiger partial charge in [-0.15, -0.1) is 0 Å². The highest BCUT2D eigenvalue weighted by atomic mass is 16.7. The molecule has 49 heavy (non-hydrogen) atoms. The molecule has 266 valence electrons. The molecule has 3 aliphatic rings. The van der Waals surface area contributed by atoms with Crippen molar-refractivity contribution in [1.29, 1.82) is 0 Å². The molecule has 3 heterocycles. The molecule has 1 saturated heterocycles. The SMILES string of the molecule is CC(=O)OCO[C@]12C(OC(=O)c3cccnc3)C[C@@H]3C(OC(=O)C(C)C)[C@]1(OC3(C)C)[C@](C)(O)CC(OC(C)=O)C2OC(=O)c1ccoc1. The number of aromatic nitrogens is 1. The summed E-state index contributed by atoms with van der Waals surface area (Å²) in [5.74, 6) is -5.39. The van der Waals surface area contributed by atoms with Crippen molar-refractivity contribution < 1.29 is 66.7 Å². The maximum Gasteiger partial charge on any atom is 0.341 e. The maximum absolute atomic E-state index is 13.8. The Labute approximate surface area is 282 Å². The molecule has 2 aromatic rings. The van der Waals surface area contributed by atoms with E-state index in [-0.39, 0.29) is 17.5 Å². The molecule has 2 saturated carbocycles. The number of ether oxygens (including phenoxy) is 7. The average Bonchev–Trinajstić information content (AvgIpc) is 3.61. The van der Waals surface area contributed by atoms with E-state index in [0.717, 1.165) is 20.1 Å². The molecular formula is C34H41NO14. The predicted octanol–water partition coefficient (Wildman–Crippen LogP) is 2.92. The first kappa shape index (κ1) is 36.0. The van der Waals surface area contributed by atoms with E-state index in [9.17, 15) is 29.1 Å². The second-order valence-corrected chi connectivity index (χ2v) is 13.6. The van der Waals surface area contributed by atoms with Gasteiger partial charge in [0, 0.05) is 38.6 Å². The first-order valence-electron chi connectivity index (χ1n) is 15.9. The van der Waals surface area contributed by atoms with Gasteiger partial charge in [0.2, 0.25) is 0 Å². The molecule has 1 aliphatic heterocycles. The molecule has 3 fully saturated rings. The number of nitrogens with zero attached hydrogens (tertiary/aromatic N) is 1. The van der Waals surface area contributed by atoms with Crippen LogP contribution in [0, 0.1) is 11.8 Å². The van der Waals surface area contributed by atoms with Crippen LogP contribution in [0.25, 0.3) is 0 Å². The Morgan fingerprint density at radius 3 is 2.27 bits per heavy atom. The van der Waals surface area contributed by atoms with Crippen molar-refractivity contribution >= 4 is 29.8 Å². The minimum Gasteiger partial charge on any atom is -0.472 e. The molecule has 0 radical (unpaired) electrons. The van der Waals surface area contributed by atoms with Gasteiger partial charge in [0.1, 0.15) is 30.2 Å². The molecule has 2 bridgehead atoms. The average molecular weight is 688 g/mol. The van der Waals surface area contributed by atoms with Gasteiger partial charge in [0.25, 0.3) is 0 Å². The van der Waals surface area contributed by atoms with Gasteiger partial charge in [-0.3, -0.25) is 19.4 Å². The molecular weight excluding hydrogens is 646 g/mol. The number of hydrogen-bond acceptors (Lipinski definition) is 15. The lowest BCUT2D eigenvalue weighted by molar-refractivity contribution is -0.386. The Morgan fingerprint density at radius 1 is 0.959 bits per heavy atom. The Balaban J connectivity index is 1.81. The molecule has 15 nitrogen and oxygen atoms in total. The zero-order valence-corrected chi connectivity index (χ0v) is 28.3. The number of fused-ring (bicyclic) bond motifs is 1. The van der Waals surface area contributed by atoms with Crippen LogP contribution in [-0.4, -0.2) is 93.6 Å². The molecule has 2 aromatic heterocycles. The van der Waals surface area contributed by atoms with Gasteiger partial charge in [-0.25, -0.2) is 9.59 Å². The first-order valence-corrected chi connectivity index (χ1v) is 15.9. The van der Waals surface area contributed by atoms with Crippen LogP contribution in [-0.2, 0) is 47.5 Å². The molecule has 1 spiro atoms. The summed E-state index contributed by atoms with van der Waals surface area (Å²) in [6.07, 6.45) is -1.44. The Bertz CT molecular complexity index is 1570. The van der Waals surface area contributed by atoms with Crippen LogP contribution >= 0.6 is 0 Å². The number of pyridine rings is 1. The smallest absolute Gasteiger partial charge is 0.341 e. The van der Waals surface area contributed by atoms with Crippen LogP contribution in [0.4, 0.5) is 0 Å². The van der Waals surface area contributed by atoms with Crippen LogP contribution < -0.4 is 0 Å². The molecule has 5 rings (SSSR count). The summed E-state index contributed by atoms with van der Waals surface area (Å²) in [6.45, 7) is 9.49. The quantitative estimate of drug-likeness (QED) is 0.217. The fourth-order valence-corrected chi connectivity index (χ4v) is 7.49. The Hall–Kier alpha value is -4.34. The number of esters is 5. The van der Waals surface area contributed by atoms with Gasteiger partial charge in [-0.1, -0.05) is 13.8 Å². The van der Waals surface area contributed by atoms with Gasteiger partial charge < -0.3 is 42.7 Å². The number of aliphatic hydroxyl groups is 1. The largest absolute Gasteiger partial charge is 0.472 e. The summed E-state index contributed by atoms with van der Waals surface area (Å²) in [4.78, 5) is 69.5. The third kappa shape index (κ3) is 6.19. The van der Waals surface area contributed by atoms with Gasteiger partial charge in [0.15, 0.2) is 24.1 Å². The summed E-state index contributed by atoms with van der Waals surface area (Å²) in [5.41, 5.74) is -7.90. The van der Waals surface area contributed by atoms with Gasteiger partial charge in [0.05, 0.1) is 28.9 Å². The van der Waals surface area contributed by atoms with Crippen molar-refractivity contribution in [3.05, 3.63) is 54.2 Å². The van der Waals surface area contributed by atoms with Crippen molar-refractivity contribution in [2.75, 3.05) is 6.79 Å². The summed E-state index contributed by atoms with van der Waals surface area (Å²) in [5, 5.41) is 12.7. The Morgan fingerprint density at radius 2 is 1.67 bits per heavy atom. The number of carbonyl (C=O) groups is 5. The van der Waals surface area contributed by atoms with Crippen LogP contribution in [0.15, 0.2) is 47.5 Å². The lowest BCUT2D eigenvalue weighted by Crippen LogP contribution is -2.87. The van der Waals surface area contributed by atoms with E-state index in [1.807, 2.05) is 0 Å². The molecule has 0 amide bonds. The third-order valence-electron chi connectivity index (χ3n) is 9.50. The van der Waals surface area contributed by atoms with E-state index in [4.69, 9.17) is 37.6 Å². The fourth-order valence-electron chi connectivity index (χ4n) is 7.49. The summed E-state index contributed by atoms with van der Waals surface area (Å²) in [6, 6.07) is 4.34. The summed E-state index contributed by atoms with van der Waals surface area (Å²) in [7, 11) is 0. The maximum atomic E-state index is 13.8. The van der Waals surface area contributed by atoms with Crippen LogP contribution in [0.3, 0.4) is 0 Å². The van der Waals surface area contributed by atoms with Crippen LogP contribution in [0.5, 0.6) is 0 Å². The fraction of sp³-hybridized carbons (Fsp3) is 0.588. The van der Waals surface area contributed by atoms with Crippen molar-refractivity contribution in [3.63, 3.8) is 0 Å². The van der Waals surface area contributed by atoms with Gasteiger partial charge >= 0.3 is 29.8 Å². The topological polar surface area (TPSA) is 196 Å². The number of hydrogen-bond donors (Lipinski definition) is 1. The van der Waals surface area contributed by atoms with E-state index in [1.54, 1.807) is 27.7 Å². The second-order valence-electron chi connectivity index (χ2n) is 13.6. The van der Waals surface area contributed by atoms with Gasteiger partial charge in [-0.2, -0.15) is 0 Å². The molecule has 2 aliphatic carbocycles. The van der Waals surface area contributed by atoms with E-state index in [1.165, 1.54) is 43.8 Å². The van der Waals surface area contributed by atoms with Crippen molar-refractivity contribution in [3.8, 4) is 0 Å². The predicted molar refractivity (Wildman–Crippen MR) is 163 cm³/mol. The second kappa shape index (κ2) is 13.2.